The molecule has 4 heteroatoms. The fourth-order valence-corrected chi connectivity index (χ4v) is 7.84. The SMILES string of the molecule is C[C@@H]1C[C@H]2[C@@H](CC[C@H]3C[C@H](O)CC[C@@]32C)[C@@H]2CC[C@](O)(C(=O)CO)[C@@H]21. The zero-order valence-corrected chi connectivity index (χ0v) is 15.7. The highest BCUT2D eigenvalue weighted by molar-refractivity contribution is 5.88. The lowest BCUT2D eigenvalue weighted by Gasteiger charge is -2.60. The molecule has 4 rings (SSSR count). The number of fused-ring (bicyclic) bond motifs is 5. The van der Waals surface area contributed by atoms with Crippen LogP contribution in [0.25, 0.3) is 0 Å². The highest BCUT2D eigenvalue weighted by Crippen LogP contribution is 2.65. The van der Waals surface area contributed by atoms with Crippen LogP contribution in [0.4, 0.5) is 0 Å². The summed E-state index contributed by atoms with van der Waals surface area (Å²) in [6, 6.07) is 0. The van der Waals surface area contributed by atoms with Crippen molar-refractivity contribution in [2.75, 3.05) is 6.61 Å². The van der Waals surface area contributed by atoms with Crippen LogP contribution in [0.2, 0.25) is 0 Å². The minimum absolute atomic E-state index is 0.0164. The maximum atomic E-state index is 12.3. The molecule has 25 heavy (non-hydrogen) atoms. The fraction of sp³-hybridized carbons (Fsp3) is 0.952. The summed E-state index contributed by atoms with van der Waals surface area (Å²) in [6.07, 6.45) is 7.74. The molecule has 0 amide bonds. The minimum atomic E-state index is -1.30. The van der Waals surface area contributed by atoms with E-state index in [4.69, 9.17) is 0 Å². The second-order valence-electron chi connectivity index (χ2n) is 9.93. The summed E-state index contributed by atoms with van der Waals surface area (Å²) in [5.41, 5.74) is -0.993. The first-order valence-corrected chi connectivity index (χ1v) is 10.4. The molecule has 0 radical (unpaired) electrons. The Kier molecular flexibility index (Phi) is 4.33. The lowest BCUT2D eigenvalue weighted by molar-refractivity contribution is -0.161. The van der Waals surface area contributed by atoms with E-state index in [9.17, 15) is 20.1 Å². The predicted molar refractivity (Wildman–Crippen MR) is 94.7 cm³/mol. The van der Waals surface area contributed by atoms with Crippen molar-refractivity contribution < 1.29 is 20.1 Å². The molecule has 0 aromatic rings. The quantitative estimate of drug-likeness (QED) is 0.715. The van der Waals surface area contributed by atoms with Crippen LogP contribution < -0.4 is 0 Å². The van der Waals surface area contributed by atoms with Crippen molar-refractivity contribution in [2.45, 2.75) is 76.9 Å². The number of carbonyl (C=O) groups is 1. The molecule has 0 bridgehead atoms. The molecule has 142 valence electrons. The van der Waals surface area contributed by atoms with Crippen LogP contribution in [-0.2, 0) is 4.79 Å². The maximum absolute atomic E-state index is 12.3. The van der Waals surface area contributed by atoms with Gasteiger partial charge in [0.2, 0.25) is 0 Å². The Morgan fingerprint density at radius 2 is 1.84 bits per heavy atom. The molecule has 3 N–H and O–H groups in total. The second-order valence-corrected chi connectivity index (χ2v) is 9.93. The van der Waals surface area contributed by atoms with Crippen molar-refractivity contribution in [1.29, 1.82) is 0 Å². The van der Waals surface area contributed by atoms with Crippen molar-refractivity contribution in [3.05, 3.63) is 0 Å². The van der Waals surface area contributed by atoms with Gasteiger partial charge in [-0.2, -0.15) is 0 Å². The molecule has 9 atom stereocenters. The van der Waals surface area contributed by atoms with Gasteiger partial charge in [-0.15, -0.1) is 0 Å². The van der Waals surface area contributed by atoms with Gasteiger partial charge in [-0.05, 0) is 86.4 Å². The third-order valence-corrected chi connectivity index (χ3v) is 9.00. The third-order valence-electron chi connectivity index (χ3n) is 9.00. The van der Waals surface area contributed by atoms with Crippen molar-refractivity contribution in [2.24, 2.45) is 40.9 Å². The number of hydrogen-bond acceptors (Lipinski definition) is 4. The van der Waals surface area contributed by atoms with Gasteiger partial charge in [0.1, 0.15) is 12.2 Å². The van der Waals surface area contributed by atoms with Gasteiger partial charge in [-0.25, -0.2) is 0 Å². The van der Waals surface area contributed by atoms with E-state index in [1.54, 1.807) is 0 Å². The fourth-order valence-electron chi connectivity index (χ4n) is 7.84. The average molecular weight is 350 g/mol. The smallest absolute Gasteiger partial charge is 0.189 e. The molecule has 0 aliphatic heterocycles. The van der Waals surface area contributed by atoms with Gasteiger partial charge in [0.25, 0.3) is 0 Å². The topological polar surface area (TPSA) is 77.8 Å². The van der Waals surface area contributed by atoms with E-state index in [1.165, 1.54) is 12.8 Å². The molecule has 0 unspecified atom stereocenters. The molecule has 0 heterocycles. The van der Waals surface area contributed by atoms with Gasteiger partial charge in [-0.1, -0.05) is 13.8 Å². The predicted octanol–water partition coefficient (Wildman–Crippen LogP) is 2.54. The summed E-state index contributed by atoms with van der Waals surface area (Å²) in [4.78, 5) is 12.3. The molecule has 4 aliphatic rings. The lowest BCUT2D eigenvalue weighted by atomic mass is 9.45. The van der Waals surface area contributed by atoms with E-state index in [2.05, 4.69) is 13.8 Å². The van der Waals surface area contributed by atoms with E-state index >= 15 is 0 Å². The van der Waals surface area contributed by atoms with Gasteiger partial charge in [-0.3, -0.25) is 4.79 Å². The zero-order valence-electron chi connectivity index (χ0n) is 15.7. The first kappa shape index (κ1) is 17.9. The van der Waals surface area contributed by atoms with Gasteiger partial charge in [0, 0.05) is 5.92 Å². The Balaban J connectivity index is 1.63. The van der Waals surface area contributed by atoms with Crippen molar-refractivity contribution in [3.63, 3.8) is 0 Å². The number of hydrogen-bond donors (Lipinski definition) is 3. The van der Waals surface area contributed by atoms with Gasteiger partial charge >= 0.3 is 0 Å². The van der Waals surface area contributed by atoms with Gasteiger partial charge in [0.15, 0.2) is 5.78 Å². The Labute approximate surface area is 151 Å². The van der Waals surface area contributed by atoms with E-state index in [0.717, 1.165) is 32.1 Å². The third kappa shape index (κ3) is 2.47. The molecule has 0 spiro atoms. The summed E-state index contributed by atoms with van der Waals surface area (Å²) in [5, 5.41) is 30.6. The average Bonchev–Trinajstić information content (AvgIpc) is 2.95. The van der Waals surface area contributed by atoms with Crippen LogP contribution in [0.15, 0.2) is 0 Å². The molecule has 4 saturated carbocycles. The maximum Gasteiger partial charge on any atom is 0.189 e. The van der Waals surface area contributed by atoms with Crippen LogP contribution >= 0.6 is 0 Å². The van der Waals surface area contributed by atoms with Crippen molar-refractivity contribution >= 4 is 5.78 Å². The summed E-state index contributed by atoms with van der Waals surface area (Å²) in [6.45, 7) is 4.12. The van der Waals surface area contributed by atoms with Crippen molar-refractivity contribution in [3.8, 4) is 0 Å². The van der Waals surface area contributed by atoms with Crippen LogP contribution in [0.3, 0.4) is 0 Å². The molecule has 4 nitrogen and oxygen atoms in total. The lowest BCUT2D eigenvalue weighted by Crippen LogP contribution is -2.57. The summed E-state index contributed by atoms with van der Waals surface area (Å²) >= 11 is 0. The van der Waals surface area contributed by atoms with Crippen LogP contribution in [-0.4, -0.2) is 39.4 Å². The number of aliphatic hydroxyl groups is 3. The molecule has 0 saturated heterocycles. The van der Waals surface area contributed by atoms with Crippen LogP contribution in [0, 0.1) is 40.9 Å². The first-order valence-electron chi connectivity index (χ1n) is 10.4. The standard InChI is InChI=1S/C21H34O4/c1-12-9-17-15(4-3-13-10-14(23)5-7-20(13,17)2)16-6-8-21(25,19(12)16)18(24)11-22/h12-17,19,22-23,25H,3-11H2,1-2H3/t12-,13+,14-,15+,16+,17+,19-,20+,21+/m1/s1. The second kappa shape index (κ2) is 6.03. The van der Waals surface area contributed by atoms with Crippen LogP contribution in [0.1, 0.15) is 65.2 Å². The molecule has 4 fully saturated rings. The largest absolute Gasteiger partial charge is 0.393 e. The summed E-state index contributed by atoms with van der Waals surface area (Å²) in [7, 11) is 0. The molecule has 4 aliphatic carbocycles. The Morgan fingerprint density at radius 1 is 1.08 bits per heavy atom. The number of Topliss-reactive ketones (excluding diaryl/α,β-unsaturated/α-hetero) is 1. The molecular formula is C21H34O4. The number of aliphatic hydroxyl groups excluding tert-OH is 2. The van der Waals surface area contributed by atoms with E-state index in [1.807, 2.05) is 0 Å². The first-order chi connectivity index (χ1) is 11.8. The highest BCUT2D eigenvalue weighted by Gasteiger charge is 2.62. The summed E-state index contributed by atoms with van der Waals surface area (Å²) in [5.74, 6) is 2.25. The molecule has 0 aromatic carbocycles. The van der Waals surface area contributed by atoms with Crippen LogP contribution in [0.5, 0.6) is 0 Å². The van der Waals surface area contributed by atoms with Crippen molar-refractivity contribution in [1.82, 2.24) is 0 Å². The normalized spacial score (nSPS) is 55.2. The van der Waals surface area contributed by atoms with E-state index in [0.29, 0.717) is 41.4 Å². The van der Waals surface area contributed by atoms with Gasteiger partial charge < -0.3 is 15.3 Å². The van der Waals surface area contributed by atoms with Gasteiger partial charge in [0.05, 0.1) is 6.10 Å². The Hall–Kier alpha value is -0.450. The summed E-state index contributed by atoms with van der Waals surface area (Å²) < 4.78 is 0. The molecular weight excluding hydrogens is 316 g/mol. The number of rotatable bonds is 2. The minimum Gasteiger partial charge on any atom is -0.393 e. The monoisotopic (exact) mass is 350 g/mol. The Bertz CT molecular complexity index is 548. The zero-order chi connectivity index (χ0) is 18.0. The van der Waals surface area contributed by atoms with E-state index in [-0.39, 0.29) is 17.8 Å². The number of carbonyl (C=O) groups excluding carboxylic acids is 1. The number of ketones is 1. The highest BCUT2D eigenvalue weighted by atomic mass is 16.3. The van der Waals surface area contributed by atoms with E-state index < -0.39 is 12.2 Å². The Morgan fingerprint density at radius 3 is 2.56 bits per heavy atom. The molecule has 0 aromatic heterocycles.